The van der Waals surface area contributed by atoms with Crippen LogP contribution in [-0.4, -0.2) is 56.9 Å². The predicted molar refractivity (Wildman–Crippen MR) is 116 cm³/mol. The van der Waals surface area contributed by atoms with Crippen molar-refractivity contribution >= 4 is 5.96 Å². The Morgan fingerprint density at radius 3 is 2.46 bits per heavy atom. The summed E-state index contributed by atoms with van der Waals surface area (Å²) in [5, 5.41) is 3.35. The maximum Gasteiger partial charge on any atom is 0.188 e. The molecule has 1 heterocycles. The summed E-state index contributed by atoms with van der Waals surface area (Å²) in [6, 6.07) is 8.77. The van der Waals surface area contributed by atoms with E-state index < -0.39 is 0 Å². The Morgan fingerprint density at radius 1 is 1.18 bits per heavy atom. The van der Waals surface area contributed by atoms with E-state index in [0.29, 0.717) is 18.5 Å². The van der Waals surface area contributed by atoms with Crippen LogP contribution in [0.4, 0.5) is 0 Å². The van der Waals surface area contributed by atoms with Crippen LogP contribution in [0.25, 0.3) is 0 Å². The largest absolute Gasteiger partial charge is 0.497 e. The van der Waals surface area contributed by atoms with Gasteiger partial charge in [0, 0.05) is 19.1 Å². The van der Waals surface area contributed by atoms with E-state index in [4.69, 9.17) is 15.2 Å². The molecule has 0 bridgehead atoms. The topological polar surface area (TPSA) is 72.1 Å². The molecule has 1 aliphatic heterocycles. The minimum absolute atomic E-state index is 0.186. The zero-order chi connectivity index (χ0) is 20.4. The second kappa shape index (κ2) is 11.9. The molecule has 1 saturated heterocycles. The standard InChI is InChI=1S/C22H38N4O2/c1-17(2)6-5-7-18(3)25-22(23)24-16-21(26-12-14-28-15-13-26)19-8-10-20(27-4)11-9-19/h8-11,17-18,21H,5-7,12-16H2,1-4H3,(H3,23,24,25). The van der Waals surface area contributed by atoms with Crippen molar-refractivity contribution in [3.63, 3.8) is 0 Å². The van der Waals surface area contributed by atoms with Gasteiger partial charge >= 0.3 is 0 Å². The third-order valence-corrected chi connectivity index (χ3v) is 5.23. The van der Waals surface area contributed by atoms with Crippen LogP contribution in [0.3, 0.4) is 0 Å². The number of methoxy groups -OCH3 is 1. The summed E-state index contributed by atoms with van der Waals surface area (Å²) in [5.74, 6) is 2.14. The van der Waals surface area contributed by atoms with Crippen molar-refractivity contribution in [3.8, 4) is 5.75 Å². The van der Waals surface area contributed by atoms with E-state index in [1.54, 1.807) is 7.11 Å². The number of morpholine rings is 1. The van der Waals surface area contributed by atoms with Crippen molar-refractivity contribution in [3.05, 3.63) is 29.8 Å². The Kier molecular flexibility index (Phi) is 9.58. The highest BCUT2D eigenvalue weighted by Crippen LogP contribution is 2.24. The highest BCUT2D eigenvalue weighted by Gasteiger charge is 2.22. The summed E-state index contributed by atoms with van der Waals surface area (Å²) in [5.41, 5.74) is 7.41. The van der Waals surface area contributed by atoms with Crippen LogP contribution in [0.5, 0.6) is 5.75 Å². The predicted octanol–water partition coefficient (Wildman–Crippen LogP) is 3.19. The Hall–Kier alpha value is -1.79. The first-order valence-corrected chi connectivity index (χ1v) is 10.5. The minimum atomic E-state index is 0.186. The Labute approximate surface area is 170 Å². The van der Waals surface area contributed by atoms with Crippen molar-refractivity contribution in [2.75, 3.05) is 40.0 Å². The van der Waals surface area contributed by atoms with Crippen LogP contribution >= 0.6 is 0 Å². The summed E-state index contributed by atoms with van der Waals surface area (Å²) in [6.07, 6.45) is 3.57. The van der Waals surface area contributed by atoms with Crippen LogP contribution in [0, 0.1) is 5.92 Å². The maximum atomic E-state index is 6.18. The van der Waals surface area contributed by atoms with E-state index in [0.717, 1.165) is 44.4 Å². The van der Waals surface area contributed by atoms with Gasteiger partial charge in [-0.15, -0.1) is 0 Å². The van der Waals surface area contributed by atoms with E-state index in [1.807, 2.05) is 12.1 Å². The molecule has 28 heavy (non-hydrogen) atoms. The molecule has 0 amide bonds. The lowest BCUT2D eigenvalue weighted by Crippen LogP contribution is -2.42. The molecular weight excluding hydrogens is 352 g/mol. The van der Waals surface area contributed by atoms with Gasteiger partial charge in [0.15, 0.2) is 5.96 Å². The lowest BCUT2D eigenvalue weighted by atomic mass is 10.0. The Bertz CT molecular complexity index is 583. The number of rotatable bonds is 10. The number of nitrogens with two attached hydrogens (primary N) is 1. The number of nitrogens with one attached hydrogen (secondary N) is 1. The first-order chi connectivity index (χ1) is 13.5. The molecule has 1 aliphatic rings. The van der Waals surface area contributed by atoms with Crippen molar-refractivity contribution in [1.29, 1.82) is 0 Å². The van der Waals surface area contributed by atoms with Crippen LogP contribution in [-0.2, 0) is 4.74 Å². The number of nitrogens with zero attached hydrogens (tertiary/aromatic N) is 2. The van der Waals surface area contributed by atoms with Gasteiger partial charge in [-0.1, -0.05) is 38.8 Å². The van der Waals surface area contributed by atoms with Crippen LogP contribution < -0.4 is 15.8 Å². The molecule has 2 rings (SSSR count). The van der Waals surface area contributed by atoms with Crippen LogP contribution in [0.15, 0.2) is 29.3 Å². The van der Waals surface area contributed by atoms with Crippen molar-refractivity contribution in [2.45, 2.75) is 52.1 Å². The molecule has 0 radical (unpaired) electrons. The molecule has 1 aromatic rings. The van der Waals surface area contributed by atoms with Gasteiger partial charge in [-0.3, -0.25) is 9.89 Å². The van der Waals surface area contributed by atoms with Crippen LogP contribution in [0.1, 0.15) is 51.6 Å². The molecular formula is C22H38N4O2. The third kappa shape index (κ3) is 7.68. The lowest BCUT2D eigenvalue weighted by molar-refractivity contribution is 0.0179. The molecule has 0 spiro atoms. The van der Waals surface area contributed by atoms with Crippen molar-refractivity contribution in [2.24, 2.45) is 16.6 Å². The van der Waals surface area contributed by atoms with Gasteiger partial charge in [0.2, 0.25) is 0 Å². The normalized spacial score (nSPS) is 18.1. The van der Waals surface area contributed by atoms with E-state index in [-0.39, 0.29) is 6.04 Å². The van der Waals surface area contributed by atoms with E-state index in [9.17, 15) is 0 Å². The summed E-state index contributed by atoms with van der Waals surface area (Å²) in [7, 11) is 1.69. The van der Waals surface area contributed by atoms with E-state index in [1.165, 1.54) is 18.4 Å². The number of guanidine groups is 1. The molecule has 6 nitrogen and oxygen atoms in total. The van der Waals surface area contributed by atoms with Gasteiger partial charge in [-0.05, 0) is 37.0 Å². The zero-order valence-corrected chi connectivity index (χ0v) is 18.0. The minimum Gasteiger partial charge on any atom is -0.497 e. The summed E-state index contributed by atoms with van der Waals surface area (Å²) in [6.45, 7) is 10.7. The number of aliphatic imine (C=N–C) groups is 1. The number of hydrogen-bond donors (Lipinski definition) is 2. The zero-order valence-electron chi connectivity index (χ0n) is 18.0. The second-order valence-corrected chi connectivity index (χ2v) is 8.03. The first kappa shape index (κ1) is 22.5. The Balaban J connectivity index is 1.97. The molecule has 2 atom stereocenters. The molecule has 0 aliphatic carbocycles. The molecule has 3 N–H and O–H groups in total. The van der Waals surface area contributed by atoms with Crippen LogP contribution in [0.2, 0.25) is 0 Å². The molecule has 6 heteroatoms. The first-order valence-electron chi connectivity index (χ1n) is 10.5. The number of ether oxygens (including phenoxy) is 2. The summed E-state index contributed by atoms with van der Waals surface area (Å²) < 4.78 is 10.8. The number of hydrogen-bond acceptors (Lipinski definition) is 4. The fourth-order valence-electron chi connectivity index (χ4n) is 3.53. The van der Waals surface area contributed by atoms with Gasteiger partial charge in [0.05, 0.1) is 32.9 Å². The third-order valence-electron chi connectivity index (χ3n) is 5.23. The molecule has 0 saturated carbocycles. The quantitative estimate of drug-likeness (QED) is 0.474. The lowest BCUT2D eigenvalue weighted by Gasteiger charge is -2.34. The van der Waals surface area contributed by atoms with E-state index in [2.05, 4.69) is 48.1 Å². The fraction of sp³-hybridized carbons (Fsp3) is 0.682. The molecule has 158 valence electrons. The van der Waals surface area contributed by atoms with Gasteiger partial charge in [-0.25, -0.2) is 0 Å². The van der Waals surface area contributed by atoms with Gasteiger partial charge in [-0.2, -0.15) is 0 Å². The number of benzene rings is 1. The molecule has 2 unspecified atom stereocenters. The molecule has 0 aromatic heterocycles. The van der Waals surface area contributed by atoms with E-state index >= 15 is 0 Å². The maximum absolute atomic E-state index is 6.18. The summed E-state index contributed by atoms with van der Waals surface area (Å²) >= 11 is 0. The average Bonchev–Trinajstić information content (AvgIpc) is 2.69. The highest BCUT2D eigenvalue weighted by molar-refractivity contribution is 5.78. The average molecular weight is 391 g/mol. The highest BCUT2D eigenvalue weighted by atomic mass is 16.5. The Morgan fingerprint density at radius 2 is 1.86 bits per heavy atom. The fourth-order valence-corrected chi connectivity index (χ4v) is 3.53. The van der Waals surface area contributed by atoms with Crippen molar-refractivity contribution < 1.29 is 9.47 Å². The molecule has 1 aromatic carbocycles. The van der Waals surface area contributed by atoms with Gasteiger partial charge < -0.3 is 20.5 Å². The summed E-state index contributed by atoms with van der Waals surface area (Å²) in [4.78, 5) is 7.10. The smallest absolute Gasteiger partial charge is 0.188 e. The SMILES string of the molecule is COc1ccc(C(CN=C(N)NC(C)CCCC(C)C)N2CCOCC2)cc1. The van der Waals surface area contributed by atoms with Crippen molar-refractivity contribution in [1.82, 2.24) is 10.2 Å². The molecule has 1 fully saturated rings. The monoisotopic (exact) mass is 390 g/mol. The van der Waals surface area contributed by atoms with Gasteiger partial charge in [0.25, 0.3) is 0 Å². The second-order valence-electron chi connectivity index (χ2n) is 8.03. The van der Waals surface area contributed by atoms with Gasteiger partial charge in [0.1, 0.15) is 5.75 Å².